The maximum Gasteiger partial charge on any atom is 0.150 e. The molecule has 8 nitrogen and oxygen atoms in total. The van der Waals surface area contributed by atoms with Crippen LogP contribution >= 0.6 is 11.3 Å². The smallest absolute Gasteiger partial charge is 0.150 e. The van der Waals surface area contributed by atoms with Crippen molar-refractivity contribution in [1.29, 1.82) is 0 Å². The van der Waals surface area contributed by atoms with Crippen LogP contribution in [0.25, 0.3) is 20.8 Å². The van der Waals surface area contributed by atoms with Crippen molar-refractivity contribution >= 4 is 33.1 Å². The number of aromatic nitrogens is 3. The van der Waals surface area contributed by atoms with Crippen LogP contribution in [-0.2, 0) is 9.47 Å². The minimum atomic E-state index is 0.0121. The number of nitrogens with one attached hydrogen (secondary N) is 1. The summed E-state index contributed by atoms with van der Waals surface area (Å²) in [5.74, 6) is 0.532. The molecule has 2 fully saturated rings. The third-order valence-corrected chi connectivity index (χ3v) is 6.88. The Kier molecular flexibility index (Phi) is 5.85. The summed E-state index contributed by atoms with van der Waals surface area (Å²) in [6, 6.07) is 6.10. The first kappa shape index (κ1) is 19.7. The molecule has 1 unspecified atom stereocenters. The Labute approximate surface area is 180 Å². The molecular weight excluding hydrogens is 400 g/mol. The monoisotopic (exact) mass is 428 g/mol. The predicted octanol–water partition coefficient (Wildman–Crippen LogP) is 3.19. The highest BCUT2D eigenvalue weighted by Gasteiger charge is 2.21. The van der Waals surface area contributed by atoms with Crippen molar-refractivity contribution in [3.8, 4) is 10.6 Å². The molecule has 0 radical (unpaired) electrons. The number of hydrogen-bond acceptors (Lipinski definition) is 8. The quantitative estimate of drug-likeness (QED) is 0.623. The highest BCUT2D eigenvalue weighted by molar-refractivity contribution is 7.22. The standard InChI is InChI=1S/C21H28N6O2S/c22-19-14-15(23-6-7-26-8-11-28-12-9-26)21-16(25-19)13-18(30-21)17-4-5-24-27(17)20-3-1-2-10-29-20/h4-5,13-14,20H,1-3,6-12H2,(H3,22,23,25). The summed E-state index contributed by atoms with van der Waals surface area (Å²) in [6.45, 7) is 6.26. The van der Waals surface area contributed by atoms with Gasteiger partial charge in [0.2, 0.25) is 0 Å². The molecule has 0 spiro atoms. The van der Waals surface area contributed by atoms with Crippen LogP contribution in [0.1, 0.15) is 25.5 Å². The fourth-order valence-electron chi connectivity index (χ4n) is 4.13. The molecule has 30 heavy (non-hydrogen) atoms. The van der Waals surface area contributed by atoms with E-state index in [2.05, 4.69) is 32.4 Å². The largest absolute Gasteiger partial charge is 0.384 e. The molecule has 3 N–H and O–H groups in total. The van der Waals surface area contributed by atoms with Crippen molar-refractivity contribution < 1.29 is 9.47 Å². The maximum absolute atomic E-state index is 6.10. The van der Waals surface area contributed by atoms with Crippen molar-refractivity contribution in [3.63, 3.8) is 0 Å². The molecule has 3 aromatic heterocycles. The SMILES string of the molecule is Nc1cc(NCCN2CCOCC2)c2sc(-c3ccnn3C3CCCCO3)cc2n1. The Morgan fingerprint density at radius 1 is 1.20 bits per heavy atom. The Morgan fingerprint density at radius 2 is 2.10 bits per heavy atom. The maximum atomic E-state index is 6.10. The van der Waals surface area contributed by atoms with Gasteiger partial charge in [-0.3, -0.25) is 4.90 Å². The lowest BCUT2D eigenvalue weighted by molar-refractivity contribution is -0.0383. The summed E-state index contributed by atoms with van der Waals surface area (Å²) in [6.07, 6.45) is 5.16. The molecule has 0 saturated carbocycles. The van der Waals surface area contributed by atoms with Crippen LogP contribution in [0.4, 0.5) is 11.5 Å². The van der Waals surface area contributed by atoms with Gasteiger partial charge in [-0.15, -0.1) is 11.3 Å². The van der Waals surface area contributed by atoms with Gasteiger partial charge in [-0.2, -0.15) is 5.10 Å². The second kappa shape index (κ2) is 8.89. The van der Waals surface area contributed by atoms with Gasteiger partial charge < -0.3 is 20.5 Å². The van der Waals surface area contributed by atoms with E-state index in [1.807, 2.05) is 16.9 Å². The molecule has 2 saturated heterocycles. The zero-order chi connectivity index (χ0) is 20.3. The number of hydrogen-bond donors (Lipinski definition) is 2. The van der Waals surface area contributed by atoms with Crippen molar-refractivity contribution in [2.45, 2.75) is 25.5 Å². The molecule has 9 heteroatoms. The van der Waals surface area contributed by atoms with E-state index in [-0.39, 0.29) is 6.23 Å². The van der Waals surface area contributed by atoms with Gasteiger partial charge in [0.1, 0.15) is 5.82 Å². The highest BCUT2D eigenvalue weighted by atomic mass is 32.1. The van der Waals surface area contributed by atoms with Gasteiger partial charge in [-0.1, -0.05) is 0 Å². The van der Waals surface area contributed by atoms with E-state index in [9.17, 15) is 0 Å². The Bertz CT molecular complexity index is 991. The number of thiophene rings is 1. The Hall–Kier alpha value is -2.20. The lowest BCUT2D eigenvalue weighted by Crippen LogP contribution is -2.39. The van der Waals surface area contributed by atoms with Crippen LogP contribution in [0.5, 0.6) is 0 Å². The zero-order valence-electron chi connectivity index (χ0n) is 17.0. The first-order valence-electron chi connectivity index (χ1n) is 10.7. The van der Waals surface area contributed by atoms with Crippen LogP contribution < -0.4 is 11.1 Å². The van der Waals surface area contributed by atoms with Gasteiger partial charge in [0.05, 0.1) is 39.7 Å². The van der Waals surface area contributed by atoms with Crippen LogP contribution in [0.3, 0.4) is 0 Å². The number of nitrogen functional groups attached to an aromatic ring is 1. The van der Waals surface area contributed by atoms with E-state index in [1.165, 1.54) is 6.42 Å². The molecule has 2 aliphatic heterocycles. The summed E-state index contributed by atoms with van der Waals surface area (Å²) in [5.41, 5.74) is 9.14. The molecule has 0 aliphatic carbocycles. The van der Waals surface area contributed by atoms with Gasteiger partial charge >= 0.3 is 0 Å². The highest BCUT2D eigenvalue weighted by Crippen LogP contribution is 2.39. The van der Waals surface area contributed by atoms with E-state index in [1.54, 1.807) is 11.3 Å². The fourth-order valence-corrected chi connectivity index (χ4v) is 5.24. The molecule has 0 bridgehead atoms. The van der Waals surface area contributed by atoms with Gasteiger partial charge in [-0.25, -0.2) is 9.67 Å². The Balaban J connectivity index is 1.38. The topological polar surface area (TPSA) is 90.5 Å². The van der Waals surface area contributed by atoms with Crippen molar-refractivity contribution in [3.05, 3.63) is 24.4 Å². The van der Waals surface area contributed by atoms with E-state index in [0.29, 0.717) is 5.82 Å². The average molecular weight is 429 g/mol. The molecule has 1 atom stereocenters. The van der Waals surface area contributed by atoms with E-state index in [4.69, 9.17) is 15.2 Å². The van der Waals surface area contributed by atoms with Crippen molar-refractivity contribution in [2.24, 2.45) is 0 Å². The molecular formula is C21H28N6O2S. The summed E-state index contributed by atoms with van der Waals surface area (Å²) >= 11 is 1.72. The van der Waals surface area contributed by atoms with E-state index >= 15 is 0 Å². The van der Waals surface area contributed by atoms with Crippen LogP contribution in [0.2, 0.25) is 0 Å². The van der Waals surface area contributed by atoms with Crippen LogP contribution in [0, 0.1) is 0 Å². The molecule has 0 aromatic carbocycles. The summed E-state index contributed by atoms with van der Waals surface area (Å²) in [4.78, 5) is 8.12. The van der Waals surface area contributed by atoms with Gasteiger partial charge in [0.15, 0.2) is 6.23 Å². The lowest BCUT2D eigenvalue weighted by atomic mass is 10.2. The number of pyridine rings is 1. The predicted molar refractivity (Wildman–Crippen MR) is 120 cm³/mol. The summed E-state index contributed by atoms with van der Waals surface area (Å²) in [7, 11) is 0. The molecule has 5 rings (SSSR count). The second-order valence-corrected chi connectivity index (χ2v) is 8.83. The molecule has 2 aliphatic rings. The van der Waals surface area contributed by atoms with Crippen LogP contribution in [0.15, 0.2) is 24.4 Å². The third-order valence-electron chi connectivity index (χ3n) is 5.70. The number of nitrogens with two attached hydrogens (primary N) is 1. The second-order valence-electron chi connectivity index (χ2n) is 7.78. The van der Waals surface area contributed by atoms with Crippen molar-refractivity contribution in [1.82, 2.24) is 19.7 Å². The Morgan fingerprint density at radius 3 is 2.93 bits per heavy atom. The summed E-state index contributed by atoms with van der Waals surface area (Å²) in [5, 5.41) is 8.12. The number of rotatable bonds is 6. The minimum absolute atomic E-state index is 0.0121. The van der Waals surface area contributed by atoms with Gasteiger partial charge in [0, 0.05) is 45.0 Å². The molecule has 5 heterocycles. The van der Waals surface area contributed by atoms with Crippen LogP contribution in [-0.4, -0.2) is 65.7 Å². The lowest BCUT2D eigenvalue weighted by Gasteiger charge is -2.26. The van der Waals surface area contributed by atoms with E-state index < -0.39 is 0 Å². The van der Waals surface area contributed by atoms with Gasteiger partial charge in [0.25, 0.3) is 0 Å². The molecule has 3 aromatic rings. The number of anilines is 2. The average Bonchev–Trinajstić information content (AvgIpc) is 3.42. The summed E-state index contributed by atoms with van der Waals surface area (Å²) < 4.78 is 14.5. The number of morpholine rings is 1. The van der Waals surface area contributed by atoms with Crippen molar-refractivity contribution in [2.75, 3.05) is 57.1 Å². The number of ether oxygens (including phenoxy) is 2. The minimum Gasteiger partial charge on any atom is -0.384 e. The third kappa shape index (κ3) is 4.15. The van der Waals surface area contributed by atoms with Gasteiger partial charge in [-0.05, 0) is 31.4 Å². The first-order valence-corrected chi connectivity index (χ1v) is 11.5. The first-order chi connectivity index (χ1) is 14.8. The fraction of sp³-hybridized carbons (Fsp3) is 0.524. The molecule has 0 amide bonds. The normalized spacial score (nSPS) is 20.6. The van der Waals surface area contributed by atoms with E-state index in [0.717, 1.165) is 85.3 Å². The zero-order valence-corrected chi connectivity index (χ0v) is 17.9. The number of fused-ring (bicyclic) bond motifs is 1. The molecule has 160 valence electrons. The number of nitrogens with zero attached hydrogens (tertiary/aromatic N) is 4.